The van der Waals surface area contributed by atoms with Crippen LogP contribution in [0, 0.1) is 5.92 Å². The molecule has 176 valence electrons. The number of likely N-dealkylation sites (tertiary alicyclic amines) is 1. The largest absolute Gasteiger partial charge is 0.324 e. The van der Waals surface area contributed by atoms with Crippen LogP contribution in [0.2, 0.25) is 0 Å². The van der Waals surface area contributed by atoms with Crippen molar-refractivity contribution in [2.24, 2.45) is 5.92 Å². The smallest absolute Gasteiger partial charge is 0.321 e. The van der Waals surface area contributed by atoms with Crippen LogP contribution in [0.15, 0.2) is 77.6 Å². The number of aromatic nitrogens is 1. The SMILES string of the molecule is O=C(Nc1ccccc1)N1CC2CC(C1)c1ccc(NS(=O)(=O)Cc3ccccc3)c(=O)n1C2. The second kappa shape index (κ2) is 8.98. The Balaban J connectivity index is 1.33. The highest BCUT2D eigenvalue weighted by Gasteiger charge is 2.37. The molecule has 2 atom stereocenters. The standard InChI is InChI=1S/C25H26N4O4S/c30-24-22(27-34(32,33)17-18-7-3-1-4-8-18)11-12-23-20-13-19(15-29(23)24)14-28(16-20)25(31)26-21-9-5-2-6-10-21/h1-12,19-20,27H,13-17H2,(H,26,31). The van der Waals surface area contributed by atoms with Gasteiger partial charge < -0.3 is 14.8 Å². The molecule has 3 heterocycles. The van der Waals surface area contributed by atoms with Crippen LogP contribution < -0.4 is 15.6 Å². The maximum atomic E-state index is 13.2. The number of sulfonamides is 1. The molecular formula is C25H26N4O4S. The number of benzene rings is 2. The Labute approximate surface area is 198 Å². The fourth-order valence-corrected chi connectivity index (χ4v) is 6.10. The molecule has 2 aromatic carbocycles. The maximum absolute atomic E-state index is 13.2. The molecule has 2 unspecified atom stereocenters. The topological polar surface area (TPSA) is 101 Å². The van der Waals surface area contributed by atoms with Gasteiger partial charge in [0, 0.05) is 36.9 Å². The molecule has 2 aliphatic heterocycles. The quantitative estimate of drug-likeness (QED) is 0.587. The summed E-state index contributed by atoms with van der Waals surface area (Å²) in [5.74, 6) is -0.0514. The van der Waals surface area contributed by atoms with Crippen LogP contribution in [0.3, 0.4) is 0 Å². The molecule has 0 spiro atoms. The molecule has 1 fully saturated rings. The van der Waals surface area contributed by atoms with Crippen molar-refractivity contribution < 1.29 is 13.2 Å². The average molecular weight is 479 g/mol. The summed E-state index contributed by atoms with van der Waals surface area (Å²) < 4.78 is 29.4. The van der Waals surface area contributed by atoms with Crippen LogP contribution in [0.1, 0.15) is 23.6 Å². The zero-order chi connectivity index (χ0) is 23.7. The van der Waals surface area contributed by atoms with Gasteiger partial charge in [0.2, 0.25) is 10.0 Å². The van der Waals surface area contributed by atoms with Crippen molar-refractivity contribution in [2.45, 2.75) is 24.6 Å². The Morgan fingerprint density at radius 3 is 2.35 bits per heavy atom. The van der Waals surface area contributed by atoms with Gasteiger partial charge in [-0.3, -0.25) is 9.52 Å². The molecule has 0 aliphatic carbocycles. The number of para-hydroxylation sites is 1. The van der Waals surface area contributed by atoms with Gasteiger partial charge in [-0.25, -0.2) is 13.2 Å². The zero-order valence-corrected chi connectivity index (χ0v) is 19.4. The lowest BCUT2D eigenvalue weighted by Gasteiger charge is -2.42. The van der Waals surface area contributed by atoms with E-state index in [0.717, 1.165) is 17.8 Å². The van der Waals surface area contributed by atoms with Gasteiger partial charge in [0.25, 0.3) is 5.56 Å². The molecule has 2 N–H and O–H groups in total. The number of nitrogens with zero attached hydrogens (tertiary/aromatic N) is 2. The molecule has 2 aliphatic rings. The van der Waals surface area contributed by atoms with E-state index in [-0.39, 0.29) is 34.9 Å². The summed E-state index contributed by atoms with van der Waals surface area (Å²) in [7, 11) is -3.73. The Morgan fingerprint density at radius 2 is 1.62 bits per heavy atom. The lowest BCUT2D eigenvalue weighted by Crippen LogP contribution is -2.50. The Bertz CT molecular complexity index is 1360. The first-order chi connectivity index (χ1) is 16.4. The number of urea groups is 1. The second-order valence-corrected chi connectivity index (χ2v) is 10.7. The molecule has 2 bridgehead atoms. The first-order valence-corrected chi connectivity index (χ1v) is 12.9. The summed E-state index contributed by atoms with van der Waals surface area (Å²) in [6, 6.07) is 21.4. The number of hydrogen-bond donors (Lipinski definition) is 2. The molecular weight excluding hydrogens is 452 g/mol. The number of nitrogens with one attached hydrogen (secondary N) is 2. The molecule has 3 aromatic rings. The van der Waals surface area contributed by atoms with E-state index in [2.05, 4.69) is 10.0 Å². The van der Waals surface area contributed by atoms with Crippen molar-refractivity contribution in [2.75, 3.05) is 23.1 Å². The van der Waals surface area contributed by atoms with E-state index in [4.69, 9.17) is 0 Å². The van der Waals surface area contributed by atoms with E-state index < -0.39 is 10.0 Å². The summed E-state index contributed by atoms with van der Waals surface area (Å²) in [4.78, 5) is 27.8. The monoisotopic (exact) mass is 478 g/mol. The van der Waals surface area contributed by atoms with Crippen molar-refractivity contribution in [3.8, 4) is 0 Å². The normalized spacial score (nSPS) is 19.2. The first-order valence-electron chi connectivity index (χ1n) is 11.3. The van der Waals surface area contributed by atoms with E-state index in [1.54, 1.807) is 45.9 Å². The van der Waals surface area contributed by atoms with Crippen LogP contribution in [-0.2, 0) is 22.3 Å². The van der Waals surface area contributed by atoms with Crippen LogP contribution in [0.4, 0.5) is 16.2 Å². The lowest BCUT2D eigenvalue weighted by molar-refractivity contribution is 0.139. The van der Waals surface area contributed by atoms with Crippen molar-refractivity contribution in [3.05, 3.63) is 94.4 Å². The van der Waals surface area contributed by atoms with Gasteiger partial charge in [0.05, 0.1) is 5.75 Å². The summed E-state index contributed by atoms with van der Waals surface area (Å²) >= 11 is 0. The third kappa shape index (κ3) is 4.70. The van der Waals surface area contributed by atoms with Gasteiger partial charge in [0.1, 0.15) is 5.69 Å². The predicted octanol–water partition coefficient (Wildman–Crippen LogP) is 3.44. The Hall–Kier alpha value is -3.59. The number of piperidine rings is 1. The highest BCUT2D eigenvalue weighted by atomic mass is 32.2. The zero-order valence-electron chi connectivity index (χ0n) is 18.6. The third-order valence-electron chi connectivity index (χ3n) is 6.38. The Morgan fingerprint density at radius 1 is 0.912 bits per heavy atom. The minimum absolute atomic E-state index is 0.0247. The minimum atomic E-state index is -3.73. The van der Waals surface area contributed by atoms with Crippen molar-refractivity contribution in [1.82, 2.24) is 9.47 Å². The molecule has 2 amide bonds. The number of hydrogen-bond acceptors (Lipinski definition) is 4. The van der Waals surface area contributed by atoms with Crippen molar-refractivity contribution in [3.63, 3.8) is 0 Å². The summed E-state index contributed by atoms with van der Waals surface area (Å²) in [6.45, 7) is 1.51. The molecule has 8 nitrogen and oxygen atoms in total. The highest BCUT2D eigenvalue weighted by molar-refractivity contribution is 7.91. The molecule has 0 radical (unpaired) electrons. The number of carbonyl (C=O) groups is 1. The number of fused-ring (bicyclic) bond motifs is 4. The molecule has 0 saturated carbocycles. The third-order valence-corrected chi connectivity index (χ3v) is 7.63. The van der Waals surface area contributed by atoms with E-state index in [9.17, 15) is 18.0 Å². The van der Waals surface area contributed by atoms with Gasteiger partial charge >= 0.3 is 6.03 Å². The molecule has 1 saturated heterocycles. The van der Waals surface area contributed by atoms with Crippen LogP contribution in [-0.4, -0.2) is 37.0 Å². The summed E-state index contributed by atoms with van der Waals surface area (Å²) in [5, 5.41) is 2.93. The van der Waals surface area contributed by atoms with E-state index >= 15 is 0 Å². The fraction of sp³-hybridized carbons (Fsp3) is 0.280. The summed E-state index contributed by atoms with van der Waals surface area (Å²) in [6.07, 6.45) is 0.896. The Kier molecular flexibility index (Phi) is 5.87. The number of rotatable bonds is 5. The number of anilines is 2. The van der Waals surface area contributed by atoms with Crippen molar-refractivity contribution in [1.29, 1.82) is 0 Å². The predicted molar refractivity (Wildman–Crippen MR) is 131 cm³/mol. The first kappa shape index (κ1) is 22.2. The average Bonchev–Trinajstić information content (AvgIpc) is 2.82. The van der Waals surface area contributed by atoms with E-state index in [1.807, 2.05) is 36.4 Å². The molecule has 1 aromatic heterocycles. The van der Waals surface area contributed by atoms with Gasteiger partial charge in [-0.05, 0) is 42.2 Å². The maximum Gasteiger partial charge on any atom is 0.321 e. The van der Waals surface area contributed by atoms with Crippen molar-refractivity contribution >= 4 is 27.4 Å². The van der Waals surface area contributed by atoms with Crippen LogP contribution >= 0.6 is 0 Å². The van der Waals surface area contributed by atoms with Gasteiger partial charge in [-0.15, -0.1) is 0 Å². The highest BCUT2D eigenvalue weighted by Crippen LogP contribution is 2.35. The number of amides is 2. The molecule has 34 heavy (non-hydrogen) atoms. The number of pyridine rings is 1. The van der Waals surface area contributed by atoms with Gasteiger partial charge in [-0.1, -0.05) is 48.5 Å². The summed E-state index contributed by atoms with van der Waals surface area (Å²) in [5.41, 5.74) is 1.94. The van der Waals surface area contributed by atoms with E-state index in [1.165, 1.54) is 0 Å². The minimum Gasteiger partial charge on any atom is -0.324 e. The van der Waals surface area contributed by atoms with Gasteiger partial charge in [-0.2, -0.15) is 0 Å². The number of carbonyl (C=O) groups excluding carboxylic acids is 1. The molecule has 5 rings (SSSR count). The van der Waals surface area contributed by atoms with Crippen LogP contribution in [0.5, 0.6) is 0 Å². The van der Waals surface area contributed by atoms with Crippen LogP contribution in [0.25, 0.3) is 0 Å². The lowest BCUT2D eigenvalue weighted by atomic mass is 9.83. The molecule has 9 heteroatoms. The van der Waals surface area contributed by atoms with E-state index in [0.29, 0.717) is 25.2 Å². The van der Waals surface area contributed by atoms with Gasteiger partial charge in [0.15, 0.2) is 0 Å². The second-order valence-electron chi connectivity index (χ2n) is 8.93. The fourth-order valence-electron chi connectivity index (χ4n) is 4.91.